The molecular formula is C13H19N3O3S2. The van der Waals surface area contributed by atoms with Gasteiger partial charge in [0.2, 0.25) is 5.91 Å². The lowest BCUT2D eigenvalue weighted by atomic mass is 10.1. The molecule has 2 aliphatic heterocycles. The average molecular weight is 329 g/mol. The first kappa shape index (κ1) is 15.0. The van der Waals surface area contributed by atoms with Gasteiger partial charge in [0.25, 0.3) is 10.0 Å². The van der Waals surface area contributed by atoms with Crippen LogP contribution >= 0.6 is 11.3 Å². The van der Waals surface area contributed by atoms with E-state index in [0.29, 0.717) is 30.4 Å². The van der Waals surface area contributed by atoms with Crippen LogP contribution in [0, 0.1) is 0 Å². The van der Waals surface area contributed by atoms with Crippen molar-refractivity contribution in [2.75, 3.05) is 32.7 Å². The minimum Gasteiger partial charge on any atom is -0.336 e. The van der Waals surface area contributed by atoms with E-state index in [-0.39, 0.29) is 11.9 Å². The van der Waals surface area contributed by atoms with Gasteiger partial charge >= 0.3 is 0 Å². The highest BCUT2D eigenvalue weighted by molar-refractivity contribution is 7.91. The van der Waals surface area contributed by atoms with Gasteiger partial charge in [0.15, 0.2) is 0 Å². The molecule has 1 aromatic rings. The van der Waals surface area contributed by atoms with Crippen molar-refractivity contribution in [1.29, 1.82) is 0 Å². The van der Waals surface area contributed by atoms with Gasteiger partial charge in [-0.15, -0.1) is 11.3 Å². The van der Waals surface area contributed by atoms with Crippen LogP contribution in [0.1, 0.15) is 12.8 Å². The molecule has 1 amide bonds. The summed E-state index contributed by atoms with van der Waals surface area (Å²) in [6.07, 6.45) is 1.68. The Kier molecular flexibility index (Phi) is 4.30. The third kappa shape index (κ3) is 2.98. The fourth-order valence-corrected chi connectivity index (χ4v) is 5.60. The Morgan fingerprint density at radius 3 is 2.90 bits per heavy atom. The number of thiophene rings is 1. The number of hydrogen-bond acceptors (Lipinski definition) is 5. The normalized spacial score (nSPS) is 25.2. The second kappa shape index (κ2) is 6.04. The summed E-state index contributed by atoms with van der Waals surface area (Å²) in [6, 6.07) is 3.39. The average Bonchev–Trinajstić information content (AvgIpc) is 3.03. The lowest BCUT2D eigenvalue weighted by molar-refractivity contribution is -0.135. The lowest BCUT2D eigenvalue weighted by Crippen LogP contribution is -2.57. The summed E-state index contributed by atoms with van der Waals surface area (Å²) < 4.78 is 27.1. The molecule has 0 aromatic carbocycles. The Balaban J connectivity index is 1.75. The molecule has 0 saturated carbocycles. The first-order valence-corrected chi connectivity index (χ1v) is 9.45. The first-order chi connectivity index (χ1) is 10.1. The molecule has 2 fully saturated rings. The molecule has 21 heavy (non-hydrogen) atoms. The predicted octanol–water partition coefficient (Wildman–Crippen LogP) is 0.333. The quantitative estimate of drug-likeness (QED) is 0.868. The highest BCUT2D eigenvalue weighted by atomic mass is 32.2. The van der Waals surface area contributed by atoms with E-state index in [1.807, 2.05) is 4.90 Å². The highest BCUT2D eigenvalue weighted by Crippen LogP contribution is 2.26. The molecule has 6 nitrogen and oxygen atoms in total. The SMILES string of the molecule is O=C1CNCCN1C1CCCN(S(=O)(=O)c2cccs2)C1. The first-order valence-electron chi connectivity index (χ1n) is 7.13. The minimum absolute atomic E-state index is 0.00286. The van der Waals surface area contributed by atoms with Crippen molar-refractivity contribution >= 4 is 27.3 Å². The fourth-order valence-electron chi connectivity index (χ4n) is 2.94. The summed E-state index contributed by atoms with van der Waals surface area (Å²) in [7, 11) is -3.41. The van der Waals surface area contributed by atoms with E-state index in [9.17, 15) is 13.2 Å². The minimum atomic E-state index is -3.41. The van der Waals surface area contributed by atoms with Crippen molar-refractivity contribution in [1.82, 2.24) is 14.5 Å². The molecule has 0 radical (unpaired) electrons. The van der Waals surface area contributed by atoms with Crippen LogP contribution in [0.5, 0.6) is 0 Å². The van der Waals surface area contributed by atoms with Crippen LogP contribution in [-0.2, 0) is 14.8 Å². The summed E-state index contributed by atoms with van der Waals surface area (Å²) in [5.41, 5.74) is 0. The Morgan fingerprint density at radius 2 is 2.19 bits per heavy atom. The Hall–Kier alpha value is -0.960. The van der Waals surface area contributed by atoms with Crippen molar-refractivity contribution in [3.8, 4) is 0 Å². The van der Waals surface area contributed by atoms with Crippen molar-refractivity contribution in [2.24, 2.45) is 0 Å². The number of hydrogen-bond donors (Lipinski definition) is 1. The van der Waals surface area contributed by atoms with Gasteiger partial charge in [-0.1, -0.05) is 6.07 Å². The number of nitrogens with one attached hydrogen (secondary N) is 1. The maximum Gasteiger partial charge on any atom is 0.252 e. The van der Waals surface area contributed by atoms with E-state index in [1.54, 1.807) is 17.5 Å². The second-order valence-corrected chi connectivity index (χ2v) is 8.47. The summed E-state index contributed by atoms with van der Waals surface area (Å²) in [5, 5.41) is 4.82. The molecular weight excluding hydrogens is 310 g/mol. The maximum absolute atomic E-state index is 12.6. The van der Waals surface area contributed by atoms with Gasteiger partial charge in [-0.2, -0.15) is 4.31 Å². The van der Waals surface area contributed by atoms with E-state index >= 15 is 0 Å². The molecule has 116 valence electrons. The third-order valence-corrected chi connectivity index (χ3v) is 7.25. The molecule has 1 aromatic heterocycles. The van der Waals surface area contributed by atoms with Crippen LogP contribution in [0.4, 0.5) is 0 Å². The van der Waals surface area contributed by atoms with Crippen LogP contribution < -0.4 is 5.32 Å². The molecule has 2 aliphatic rings. The number of carbonyl (C=O) groups excluding carboxylic acids is 1. The fraction of sp³-hybridized carbons (Fsp3) is 0.615. The predicted molar refractivity (Wildman–Crippen MR) is 80.7 cm³/mol. The summed E-state index contributed by atoms with van der Waals surface area (Å²) in [6.45, 7) is 2.74. The molecule has 3 rings (SSSR count). The Morgan fingerprint density at radius 1 is 1.33 bits per heavy atom. The zero-order chi connectivity index (χ0) is 14.9. The van der Waals surface area contributed by atoms with E-state index < -0.39 is 10.0 Å². The number of piperidine rings is 1. The monoisotopic (exact) mass is 329 g/mol. The summed E-state index contributed by atoms with van der Waals surface area (Å²) in [5.74, 6) is 0.0709. The van der Waals surface area contributed by atoms with E-state index in [2.05, 4.69) is 5.32 Å². The van der Waals surface area contributed by atoms with E-state index in [1.165, 1.54) is 15.6 Å². The number of carbonyl (C=O) groups is 1. The van der Waals surface area contributed by atoms with Crippen LogP contribution in [0.25, 0.3) is 0 Å². The van der Waals surface area contributed by atoms with Crippen molar-refractivity contribution in [3.63, 3.8) is 0 Å². The van der Waals surface area contributed by atoms with E-state index in [0.717, 1.165) is 19.4 Å². The van der Waals surface area contributed by atoms with E-state index in [4.69, 9.17) is 0 Å². The second-order valence-electron chi connectivity index (χ2n) is 5.36. The van der Waals surface area contributed by atoms with Gasteiger partial charge < -0.3 is 10.2 Å². The number of piperazine rings is 1. The molecule has 1 atom stereocenters. The smallest absolute Gasteiger partial charge is 0.252 e. The Bertz CT molecular complexity index is 600. The molecule has 2 saturated heterocycles. The largest absolute Gasteiger partial charge is 0.336 e. The molecule has 0 spiro atoms. The molecule has 3 heterocycles. The highest BCUT2D eigenvalue weighted by Gasteiger charge is 2.35. The van der Waals surface area contributed by atoms with Gasteiger partial charge in [-0.25, -0.2) is 8.42 Å². The van der Waals surface area contributed by atoms with Crippen LogP contribution in [0.3, 0.4) is 0 Å². The van der Waals surface area contributed by atoms with Crippen molar-refractivity contribution in [2.45, 2.75) is 23.1 Å². The molecule has 1 unspecified atom stereocenters. The van der Waals surface area contributed by atoms with Crippen molar-refractivity contribution < 1.29 is 13.2 Å². The molecule has 0 bridgehead atoms. The molecule has 1 N–H and O–H groups in total. The molecule has 8 heteroatoms. The Labute approximate surface area is 128 Å². The van der Waals surface area contributed by atoms with Gasteiger partial charge in [-0.3, -0.25) is 4.79 Å². The zero-order valence-corrected chi connectivity index (χ0v) is 13.3. The lowest BCUT2D eigenvalue weighted by Gasteiger charge is -2.40. The van der Waals surface area contributed by atoms with Gasteiger partial charge in [0, 0.05) is 32.2 Å². The molecule has 0 aliphatic carbocycles. The van der Waals surface area contributed by atoms with Gasteiger partial charge in [0.05, 0.1) is 6.54 Å². The van der Waals surface area contributed by atoms with Crippen molar-refractivity contribution in [3.05, 3.63) is 17.5 Å². The summed E-state index contributed by atoms with van der Waals surface area (Å²) in [4.78, 5) is 13.8. The van der Waals surface area contributed by atoms with Crippen LogP contribution in [-0.4, -0.2) is 62.3 Å². The topological polar surface area (TPSA) is 69.7 Å². The summed E-state index contributed by atoms with van der Waals surface area (Å²) >= 11 is 1.24. The standard InChI is InChI=1S/C13H19N3O3S2/c17-12-9-14-5-7-16(12)11-3-1-6-15(10-11)21(18,19)13-4-2-8-20-13/h2,4,8,11,14H,1,3,5-7,9-10H2. The van der Waals surface area contributed by atoms with Crippen LogP contribution in [0.2, 0.25) is 0 Å². The number of rotatable bonds is 3. The van der Waals surface area contributed by atoms with Crippen LogP contribution in [0.15, 0.2) is 21.7 Å². The zero-order valence-electron chi connectivity index (χ0n) is 11.7. The third-order valence-electron chi connectivity index (χ3n) is 4.02. The van der Waals surface area contributed by atoms with Gasteiger partial charge in [0.1, 0.15) is 4.21 Å². The number of nitrogens with zero attached hydrogens (tertiary/aromatic N) is 2. The number of amides is 1. The maximum atomic E-state index is 12.6. The van der Waals surface area contributed by atoms with Gasteiger partial charge in [-0.05, 0) is 24.3 Å². The number of sulfonamides is 1.